The molecule has 3 N–H and O–H groups in total. The van der Waals surface area contributed by atoms with Gasteiger partial charge in [0.15, 0.2) is 0 Å². The Morgan fingerprint density at radius 2 is 1.86 bits per heavy atom. The molecule has 4 heterocycles. The molecule has 0 radical (unpaired) electrons. The number of halogens is 3. The predicted octanol–water partition coefficient (Wildman–Crippen LogP) is 6.75. The Balaban J connectivity index is 0.000000279. The van der Waals surface area contributed by atoms with E-state index in [1.807, 2.05) is 19.9 Å². The number of aromatic nitrogens is 4. The van der Waals surface area contributed by atoms with Crippen LogP contribution in [0.2, 0.25) is 0 Å². The Hall–Kier alpha value is -2.31. The molecule has 0 amide bonds. The quantitative estimate of drug-likeness (QED) is 0.322. The molecule has 0 bridgehead atoms. The van der Waals surface area contributed by atoms with Crippen LogP contribution in [0.1, 0.15) is 52.0 Å². The summed E-state index contributed by atoms with van der Waals surface area (Å²) < 4.78 is 43.8. The van der Waals surface area contributed by atoms with E-state index >= 15 is 0 Å². The molecule has 1 saturated heterocycles. The van der Waals surface area contributed by atoms with E-state index in [2.05, 4.69) is 47.8 Å². The third-order valence-corrected chi connectivity index (χ3v) is 5.61. The molecule has 0 unspecified atom stereocenters. The molecule has 2 aromatic heterocycles. The third kappa shape index (κ3) is 16.9. The van der Waals surface area contributed by atoms with Gasteiger partial charge in [0.25, 0.3) is 0 Å². The van der Waals surface area contributed by atoms with Crippen molar-refractivity contribution >= 4 is 28.6 Å². The van der Waals surface area contributed by atoms with Crippen LogP contribution in [0.25, 0.3) is 0 Å². The van der Waals surface area contributed by atoms with Crippen LogP contribution >= 0.6 is 23.5 Å². The van der Waals surface area contributed by atoms with Crippen molar-refractivity contribution in [2.24, 2.45) is 0 Å². The number of anilines is 1. The summed E-state index contributed by atoms with van der Waals surface area (Å²) in [5, 5.41) is 10.3. The standard InChI is InChI=1S/C11H11N3OS2.C5H11N.C3H4N2.C2H3F3.C2H6/c1-2-8-3-4-9(6-10(8)15-5-1)16-14-11-12-7-13-17-11;1-2-4-6-5-3-1;1-2-4-5-3-1;1-2(3,4)5;1-2/h3-4,6-7H,1-2,5H2,(H,12,13,14);6H,1-5H2;1-3H,(H,4,5);1H3;1-2H3. The van der Waals surface area contributed by atoms with E-state index in [1.165, 1.54) is 61.4 Å². The number of piperidine rings is 1. The van der Waals surface area contributed by atoms with Gasteiger partial charge in [-0.2, -0.15) is 22.6 Å². The fourth-order valence-electron chi connectivity index (χ4n) is 2.72. The van der Waals surface area contributed by atoms with Gasteiger partial charge in [-0.1, -0.05) is 26.3 Å². The second-order valence-electron chi connectivity index (χ2n) is 7.03. The minimum Gasteiger partial charge on any atom is -0.493 e. The summed E-state index contributed by atoms with van der Waals surface area (Å²) in [5.41, 5.74) is 1.30. The number of nitrogens with one attached hydrogen (secondary N) is 3. The summed E-state index contributed by atoms with van der Waals surface area (Å²) in [5.74, 6) is 1.01. The third-order valence-electron chi connectivity index (χ3n) is 4.12. The lowest BCUT2D eigenvalue weighted by molar-refractivity contribution is -0.110. The molecule has 12 heteroatoms. The first-order valence-corrected chi connectivity index (χ1v) is 13.2. The zero-order valence-electron chi connectivity index (χ0n) is 20.4. The van der Waals surface area contributed by atoms with Crippen LogP contribution in [0.5, 0.6) is 5.75 Å². The maximum absolute atomic E-state index is 10.4. The summed E-state index contributed by atoms with van der Waals surface area (Å²) in [7, 11) is 0. The molecule has 2 aliphatic rings. The van der Waals surface area contributed by atoms with Crippen molar-refractivity contribution in [2.45, 2.75) is 63.9 Å². The van der Waals surface area contributed by atoms with Gasteiger partial charge in [-0.25, -0.2) is 4.98 Å². The lowest BCUT2D eigenvalue weighted by atomic mass is 10.1. The highest BCUT2D eigenvalue weighted by Gasteiger charge is 2.15. The largest absolute Gasteiger partial charge is 0.493 e. The van der Waals surface area contributed by atoms with E-state index in [0.29, 0.717) is 0 Å². The summed E-state index contributed by atoms with van der Waals surface area (Å²) in [4.78, 5) is 5.19. The van der Waals surface area contributed by atoms with Gasteiger partial charge in [0.2, 0.25) is 5.13 Å². The Labute approximate surface area is 214 Å². The molecule has 0 atom stereocenters. The van der Waals surface area contributed by atoms with Crippen LogP contribution < -0.4 is 14.8 Å². The smallest absolute Gasteiger partial charge is 0.386 e. The van der Waals surface area contributed by atoms with Crippen molar-refractivity contribution < 1.29 is 17.9 Å². The van der Waals surface area contributed by atoms with Crippen molar-refractivity contribution in [1.82, 2.24) is 24.9 Å². The number of ether oxygens (including phenoxy) is 1. The molecule has 35 heavy (non-hydrogen) atoms. The minimum atomic E-state index is -4.00. The zero-order chi connectivity index (χ0) is 25.8. The second kappa shape index (κ2) is 18.9. The average Bonchev–Trinajstić information content (AvgIpc) is 3.62. The lowest BCUT2D eigenvalue weighted by Crippen LogP contribution is -2.21. The molecule has 5 rings (SSSR count). The number of H-pyrrole nitrogens is 1. The highest BCUT2D eigenvalue weighted by molar-refractivity contribution is 8.00. The lowest BCUT2D eigenvalue weighted by Gasteiger charge is -2.17. The fourth-order valence-corrected chi connectivity index (χ4v) is 3.84. The SMILES string of the molecule is C1CCNCC1.CC.CC(F)(F)F.c1cn[nH]c1.c1nsc(NSc2ccc3c(c2)OCCC3)n1. The maximum Gasteiger partial charge on any atom is 0.386 e. The van der Waals surface area contributed by atoms with Gasteiger partial charge in [-0.3, -0.25) is 5.10 Å². The van der Waals surface area contributed by atoms with Crippen LogP contribution in [0.4, 0.5) is 18.3 Å². The molecule has 2 aliphatic heterocycles. The first-order valence-electron chi connectivity index (χ1n) is 11.6. The van der Waals surface area contributed by atoms with Crippen LogP contribution in [0, 0.1) is 0 Å². The number of fused-ring (bicyclic) bond motifs is 1. The molecule has 0 aliphatic carbocycles. The Bertz CT molecular complexity index is 826. The highest BCUT2D eigenvalue weighted by atomic mass is 32.2. The molecule has 1 fully saturated rings. The summed E-state index contributed by atoms with van der Waals surface area (Å²) in [6.45, 7) is 7.51. The van der Waals surface area contributed by atoms with Crippen LogP contribution in [0.15, 0.2) is 47.9 Å². The van der Waals surface area contributed by atoms with E-state index < -0.39 is 6.18 Å². The summed E-state index contributed by atoms with van der Waals surface area (Å²) >= 11 is 2.88. The number of hydrogen-bond donors (Lipinski definition) is 3. The van der Waals surface area contributed by atoms with E-state index in [1.54, 1.807) is 18.7 Å². The maximum atomic E-state index is 10.4. The molecular formula is C23H35F3N6OS2. The van der Waals surface area contributed by atoms with Gasteiger partial charge < -0.3 is 14.8 Å². The van der Waals surface area contributed by atoms with Gasteiger partial charge >= 0.3 is 6.18 Å². The van der Waals surface area contributed by atoms with Crippen molar-refractivity contribution in [3.63, 3.8) is 0 Å². The molecular weight excluding hydrogens is 497 g/mol. The molecule has 0 spiro atoms. The summed E-state index contributed by atoms with van der Waals surface area (Å²) in [6, 6.07) is 8.15. The minimum absolute atomic E-state index is 0.188. The van der Waals surface area contributed by atoms with E-state index in [0.717, 1.165) is 35.2 Å². The molecule has 7 nitrogen and oxygen atoms in total. The number of aryl methyl sites for hydroxylation is 1. The Morgan fingerprint density at radius 3 is 2.34 bits per heavy atom. The second-order valence-corrected chi connectivity index (χ2v) is 8.69. The number of hydrogen-bond acceptors (Lipinski definition) is 8. The molecule has 0 saturated carbocycles. The predicted molar refractivity (Wildman–Crippen MR) is 138 cm³/mol. The number of rotatable bonds is 3. The van der Waals surface area contributed by atoms with Gasteiger partial charge in [0.1, 0.15) is 12.1 Å². The van der Waals surface area contributed by atoms with Crippen LogP contribution in [0.3, 0.4) is 0 Å². The summed E-state index contributed by atoms with van der Waals surface area (Å²) in [6.07, 6.45) is 7.45. The monoisotopic (exact) mass is 532 g/mol. The molecule has 3 aromatic rings. The molecule has 196 valence electrons. The number of aromatic amines is 1. The van der Waals surface area contributed by atoms with E-state index in [4.69, 9.17) is 4.74 Å². The number of benzene rings is 1. The van der Waals surface area contributed by atoms with E-state index in [9.17, 15) is 13.2 Å². The topological polar surface area (TPSA) is 87.8 Å². The van der Waals surface area contributed by atoms with Gasteiger partial charge in [-0.05, 0) is 74.5 Å². The van der Waals surface area contributed by atoms with Crippen molar-refractivity contribution in [3.05, 3.63) is 48.5 Å². The van der Waals surface area contributed by atoms with Crippen LogP contribution in [-0.2, 0) is 6.42 Å². The highest BCUT2D eigenvalue weighted by Crippen LogP contribution is 2.30. The number of nitrogens with zero attached hydrogens (tertiary/aromatic N) is 3. The average molecular weight is 533 g/mol. The molecule has 1 aromatic carbocycles. The van der Waals surface area contributed by atoms with E-state index in [-0.39, 0.29) is 6.92 Å². The Morgan fingerprint density at radius 1 is 1.11 bits per heavy atom. The normalized spacial score (nSPS) is 13.9. The van der Waals surface area contributed by atoms with Gasteiger partial charge in [0.05, 0.1) is 6.61 Å². The van der Waals surface area contributed by atoms with Crippen molar-refractivity contribution in [1.29, 1.82) is 0 Å². The van der Waals surface area contributed by atoms with Crippen molar-refractivity contribution in [3.8, 4) is 5.75 Å². The zero-order valence-corrected chi connectivity index (χ0v) is 22.0. The number of alkyl halides is 3. The fraction of sp³-hybridized carbons (Fsp3) is 0.522. The first-order chi connectivity index (χ1) is 16.9. The van der Waals surface area contributed by atoms with Crippen molar-refractivity contribution in [2.75, 3.05) is 24.4 Å². The Kier molecular flexibility index (Phi) is 16.6. The van der Waals surface area contributed by atoms with Gasteiger partial charge in [0, 0.05) is 35.7 Å². The first kappa shape index (κ1) is 30.7. The van der Waals surface area contributed by atoms with Crippen LogP contribution in [-0.4, -0.2) is 45.4 Å². The van der Waals surface area contributed by atoms with Gasteiger partial charge in [-0.15, -0.1) is 0 Å².